The van der Waals surface area contributed by atoms with E-state index in [-0.39, 0.29) is 33.5 Å². The van der Waals surface area contributed by atoms with Gasteiger partial charge < -0.3 is 10.6 Å². The summed E-state index contributed by atoms with van der Waals surface area (Å²) in [5.41, 5.74) is 2.88. The van der Waals surface area contributed by atoms with E-state index in [0.717, 1.165) is 37.6 Å². The van der Waals surface area contributed by atoms with Crippen LogP contribution in [0, 0.1) is 23.0 Å². The number of fused-ring (bicyclic) bond motifs is 1. The minimum Gasteiger partial charge on any atom is -0.373 e. The second-order valence-electron chi connectivity index (χ2n) is 12.5. The van der Waals surface area contributed by atoms with Crippen molar-refractivity contribution in [3.05, 3.63) is 104 Å². The molecule has 47 heavy (non-hydrogen) atoms. The number of hydrogen-bond acceptors (Lipinski definition) is 7. The number of nitrogens with zero attached hydrogens (tertiary/aromatic N) is 6. The van der Waals surface area contributed by atoms with Gasteiger partial charge in [-0.2, -0.15) is 5.26 Å². The molecule has 6 rings (SSSR count). The lowest BCUT2D eigenvalue weighted by Gasteiger charge is -2.40. The van der Waals surface area contributed by atoms with Crippen LogP contribution in [0.2, 0.25) is 15.1 Å². The number of rotatable bonds is 7. The predicted octanol–water partition coefficient (Wildman–Crippen LogP) is 9.32. The Morgan fingerprint density at radius 2 is 1.70 bits per heavy atom. The molecule has 0 aliphatic carbocycles. The summed E-state index contributed by atoms with van der Waals surface area (Å²) < 4.78 is 30.6. The number of pyridine rings is 1. The lowest BCUT2D eigenvalue weighted by molar-refractivity contribution is 0.0866. The predicted molar refractivity (Wildman–Crippen MR) is 183 cm³/mol. The van der Waals surface area contributed by atoms with E-state index in [0.29, 0.717) is 38.4 Å². The summed E-state index contributed by atoms with van der Waals surface area (Å²) >= 11 is 18.9. The van der Waals surface area contributed by atoms with E-state index in [4.69, 9.17) is 34.8 Å². The van der Waals surface area contributed by atoms with Gasteiger partial charge in [0, 0.05) is 47.0 Å². The first-order valence-corrected chi connectivity index (χ1v) is 16.2. The van der Waals surface area contributed by atoms with Gasteiger partial charge in [-0.1, -0.05) is 52.1 Å². The molecule has 2 aromatic heterocycles. The highest BCUT2D eigenvalue weighted by molar-refractivity contribution is 6.36. The van der Waals surface area contributed by atoms with Crippen molar-refractivity contribution < 1.29 is 8.78 Å². The maximum Gasteiger partial charge on any atom is 0.149 e. The minimum atomic E-state index is -0.898. The maximum atomic E-state index is 14.8. The molecular weight excluding hydrogens is 665 g/mol. The Labute approximate surface area is 286 Å². The van der Waals surface area contributed by atoms with E-state index in [9.17, 15) is 14.0 Å². The number of nitriles is 1. The van der Waals surface area contributed by atoms with Gasteiger partial charge in [0.25, 0.3) is 0 Å². The van der Waals surface area contributed by atoms with Crippen LogP contribution >= 0.6 is 34.8 Å². The van der Waals surface area contributed by atoms with Crippen LogP contribution in [0.25, 0.3) is 10.9 Å². The number of hydrogen-bond donors (Lipinski definition) is 2. The lowest BCUT2D eigenvalue weighted by atomic mass is 9.98. The van der Waals surface area contributed by atoms with Crippen LogP contribution in [0.4, 0.5) is 25.8 Å². The SMILES string of the molecule is CC(C)(C)N1CCC(n2cc([C@@H](Nc3cc(Cl)c4ncc(C#N)c(Nc5cc(Cl)c(F)cc5F)c4c3)c3ccc(Cl)cc3)nn2)CC1. The third-order valence-electron chi connectivity index (χ3n) is 8.44. The van der Waals surface area contributed by atoms with Gasteiger partial charge in [0.05, 0.1) is 50.8 Å². The third kappa shape index (κ3) is 6.99. The monoisotopic (exact) mass is 694 g/mol. The van der Waals surface area contributed by atoms with Crippen molar-refractivity contribution in [1.82, 2.24) is 24.9 Å². The van der Waals surface area contributed by atoms with Crippen molar-refractivity contribution in [2.75, 3.05) is 23.7 Å². The van der Waals surface area contributed by atoms with Crippen molar-refractivity contribution in [1.29, 1.82) is 5.26 Å². The van der Waals surface area contributed by atoms with E-state index >= 15 is 0 Å². The molecule has 5 aromatic rings. The fourth-order valence-electron chi connectivity index (χ4n) is 5.87. The number of halogens is 5. The van der Waals surface area contributed by atoms with Crippen molar-refractivity contribution in [2.24, 2.45) is 0 Å². The highest BCUT2D eigenvalue weighted by Gasteiger charge is 2.29. The Bertz CT molecular complexity index is 1980. The largest absolute Gasteiger partial charge is 0.373 e. The number of aromatic nitrogens is 4. The first-order chi connectivity index (χ1) is 22.4. The van der Waals surface area contributed by atoms with E-state index in [2.05, 4.69) is 57.7 Å². The molecule has 2 N–H and O–H groups in total. The molecule has 0 saturated carbocycles. The van der Waals surface area contributed by atoms with Crippen molar-refractivity contribution in [3.8, 4) is 6.07 Å². The van der Waals surface area contributed by atoms with Crippen LogP contribution < -0.4 is 10.6 Å². The summed E-state index contributed by atoms with van der Waals surface area (Å²) in [6.07, 6.45) is 5.23. The number of likely N-dealkylation sites (tertiary alicyclic amines) is 1. The molecule has 0 unspecified atom stereocenters. The van der Waals surface area contributed by atoms with Crippen LogP contribution in [0.15, 0.2) is 60.9 Å². The Hall–Kier alpha value is -4.01. The van der Waals surface area contributed by atoms with E-state index in [1.165, 1.54) is 6.20 Å². The zero-order valence-electron chi connectivity index (χ0n) is 25.8. The van der Waals surface area contributed by atoms with Gasteiger partial charge in [-0.15, -0.1) is 5.10 Å². The highest BCUT2D eigenvalue weighted by Crippen LogP contribution is 2.38. The molecule has 3 heterocycles. The Morgan fingerprint density at radius 3 is 2.38 bits per heavy atom. The fourth-order valence-corrected chi connectivity index (χ4v) is 6.43. The molecule has 242 valence electrons. The molecule has 1 saturated heterocycles. The van der Waals surface area contributed by atoms with Gasteiger partial charge in [-0.3, -0.25) is 9.88 Å². The maximum absolute atomic E-state index is 14.8. The summed E-state index contributed by atoms with van der Waals surface area (Å²) in [5.74, 6) is -1.78. The molecule has 1 aliphatic rings. The second kappa shape index (κ2) is 13.2. The zero-order valence-corrected chi connectivity index (χ0v) is 28.1. The van der Waals surface area contributed by atoms with Gasteiger partial charge in [-0.05, 0) is 69.5 Å². The summed E-state index contributed by atoms with van der Waals surface area (Å²) in [4.78, 5) is 6.87. The summed E-state index contributed by atoms with van der Waals surface area (Å²) in [6, 6.07) is 14.6. The van der Waals surface area contributed by atoms with Gasteiger partial charge in [0.15, 0.2) is 0 Å². The smallest absolute Gasteiger partial charge is 0.149 e. The van der Waals surface area contributed by atoms with Crippen molar-refractivity contribution >= 4 is 62.8 Å². The van der Waals surface area contributed by atoms with Gasteiger partial charge >= 0.3 is 0 Å². The summed E-state index contributed by atoms with van der Waals surface area (Å²) in [6.45, 7) is 8.64. The van der Waals surface area contributed by atoms with E-state index < -0.39 is 17.7 Å². The van der Waals surface area contributed by atoms with Gasteiger partial charge in [0.2, 0.25) is 0 Å². The average Bonchev–Trinajstić information content (AvgIpc) is 3.53. The standard InChI is InChI=1S/C34H31Cl3F2N8/c1-34(2,3)46-10-8-23(9-11-46)47-18-30(44-45-47)32(19-4-6-21(35)7-5-19)42-22-12-24-31(20(16-40)17-41-33(24)26(37)13-22)43-29-14-25(36)27(38)15-28(29)39/h4-7,12-15,17-18,23,32,42H,8-11H2,1-3H3,(H,41,43)/t32-/m0/s1. The number of piperidine rings is 1. The molecule has 0 bridgehead atoms. The lowest BCUT2D eigenvalue weighted by Crippen LogP contribution is -2.46. The van der Waals surface area contributed by atoms with E-state index in [1.807, 2.05) is 23.0 Å². The summed E-state index contributed by atoms with van der Waals surface area (Å²) in [7, 11) is 0. The Morgan fingerprint density at radius 1 is 0.979 bits per heavy atom. The molecule has 13 heteroatoms. The van der Waals surface area contributed by atoms with Gasteiger partial charge in [0.1, 0.15) is 23.4 Å². The molecule has 0 radical (unpaired) electrons. The van der Waals surface area contributed by atoms with Gasteiger partial charge in [-0.25, -0.2) is 13.5 Å². The van der Waals surface area contributed by atoms with Crippen molar-refractivity contribution in [3.63, 3.8) is 0 Å². The normalized spacial score (nSPS) is 15.0. The van der Waals surface area contributed by atoms with Crippen LogP contribution in [0.5, 0.6) is 0 Å². The van der Waals surface area contributed by atoms with Crippen molar-refractivity contribution in [2.45, 2.75) is 51.2 Å². The third-order valence-corrected chi connectivity index (χ3v) is 9.27. The molecule has 3 aromatic carbocycles. The highest BCUT2D eigenvalue weighted by atomic mass is 35.5. The molecule has 0 amide bonds. The molecule has 0 spiro atoms. The van der Waals surface area contributed by atoms with Crippen LogP contribution in [-0.2, 0) is 0 Å². The zero-order chi connectivity index (χ0) is 33.5. The molecule has 1 atom stereocenters. The first-order valence-electron chi connectivity index (χ1n) is 15.0. The topological polar surface area (TPSA) is 94.7 Å². The second-order valence-corrected chi connectivity index (χ2v) is 13.8. The fraction of sp³-hybridized carbons (Fsp3) is 0.294. The number of benzene rings is 3. The Kier molecular flexibility index (Phi) is 9.27. The van der Waals surface area contributed by atoms with E-state index in [1.54, 1.807) is 24.3 Å². The molecule has 8 nitrogen and oxygen atoms in total. The van der Waals surface area contributed by atoms with Crippen LogP contribution in [0.3, 0.4) is 0 Å². The molecule has 1 aliphatic heterocycles. The summed E-state index contributed by atoms with van der Waals surface area (Å²) in [5, 5.41) is 26.5. The molecular formula is C34H31Cl3F2N8. The average molecular weight is 696 g/mol. The number of anilines is 3. The minimum absolute atomic E-state index is 0.112. The Balaban J connectivity index is 1.37. The quantitative estimate of drug-likeness (QED) is 0.164. The van der Waals surface area contributed by atoms with Crippen LogP contribution in [0.1, 0.15) is 62.5 Å². The number of nitrogens with one attached hydrogen (secondary N) is 2. The van der Waals surface area contributed by atoms with Crippen LogP contribution in [-0.4, -0.2) is 43.5 Å². The molecule has 1 fully saturated rings. The first kappa shape index (κ1) is 32.9.